The summed E-state index contributed by atoms with van der Waals surface area (Å²) in [5.74, 6) is 1.37. The van der Waals surface area contributed by atoms with Crippen LogP contribution >= 0.6 is 0 Å². The van der Waals surface area contributed by atoms with Gasteiger partial charge in [0.2, 0.25) is 0 Å². The van der Waals surface area contributed by atoms with Gasteiger partial charge in [-0.1, -0.05) is 55.5 Å². The second kappa shape index (κ2) is 12.2. The van der Waals surface area contributed by atoms with E-state index < -0.39 is 6.10 Å². The number of benzene rings is 2. The molecular formula is C28H35FN4O2. The van der Waals surface area contributed by atoms with Crippen molar-refractivity contribution in [2.45, 2.75) is 32.8 Å². The van der Waals surface area contributed by atoms with Gasteiger partial charge >= 0.3 is 0 Å². The molecule has 2 aromatic carbocycles. The highest BCUT2D eigenvalue weighted by atomic mass is 19.1. The third kappa shape index (κ3) is 6.42. The predicted molar refractivity (Wildman–Crippen MR) is 137 cm³/mol. The molecule has 1 saturated heterocycles. The van der Waals surface area contributed by atoms with Crippen LogP contribution in [0.2, 0.25) is 0 Å². The van der Waals surface area contributed by atoms with E-state index in [0.29, 0.717) is 37.6 Å². The fraction of sp³-hybridized carbons (Fsp3) is 0.429. The Hall–Kier alpha value is -2.87. The van der Waals surface area contributed by atoms with Crippen LogP contribution in [0.3, 0.4) is 0 Å². The first-order valence-corrected chi connectivity index (χ1v) is 12.5. The highest BCUT2D eigenvalue weighted by Crippen LogP contribution is 2.29. The van der Waals surface area contributed by atoms with Gasteiger partial charge in [-0.2, -0.15) is 0 Å². The van der Waals surface area contributed by atoms with Crippen LogP contribution in [0.1, 0.15) is 30.7 Å². The van der Waals surface area contributed by atoms with Gasteiger partial charge in [-0.25, -0.2) is 14.4 Å². The molecular weight excluding hydrogens is 443 g/mol. The van der Waals surface area contributed by atoms with Crippen molar-refractivity contribution in [2.24, 2.45) is 0 Å². The molecule has 0 radical (unpaired) electrons. The predicted octanol–water partition coefficient (Wildman–Crippen LogP) is 3.96. The zero-order valence-corrected chi connectivity index (χ0v) is 20.7. The highest BCUT2D eigenvalue weighted by molar-refractivity contribution is 5.61. The zero-order chi connectivity index (χ0) is 24.6. The lowest BCUT2D eigenvalue weighted by molar-refractivity contribution is 0.0202. The maximum Gasteiger partial charge on any atom is 0.161 e. The van der Waals surface area contributed by atoms with Crippen LogP contribution in [-0.2, 0) is 17.6 Å². The summed E-state index contributed by atoms with van der Waals surface area (Å²) in [7, 11) is 0. The molecule has 0 bridgehead atoms. The smallest absolute Gasteiger partial charge is 0.161 e. The van der Waals surface area contributed by atoms with Crippen LogP contribution in [-0.4, -0.2) is 72.0 Å². The Kier molecular flexibility index (Phi) is 8.79. The van der Waals surface area contributed by atoms with E-state index in [1.807, 2.05) is 49.4 Å². The molecule has 186 valence electrons. The molecule has 6 nitrogen and oxygen atoms in total. The van der Waals surface area contributed by atoms with E-state index >= 15 is 0 Å². The Bertz CT molecular complexity index is 1090. The lowest BCUT2D eigenvalue weighted by atomic mass is 10.0. The minimum Gasteiger partial charge on any atom is -0.389 e. The van der Waals surface area contributed by atoms with E-state index in [0.717, 1.165) is 55.2 Å². The highest BCUT2D eigenvalue weighted by Gasteiger charge is 2.25. The van der Waals surface area contributed by atoms with Crippen LogP contribution in [0.25, 0.3) is 11.4 Å². The topological polar surface area (TPSA) is 61.7 Å². The Morgan fingerprint density at radius 3 is 2.37 bits per heavy atom. The maximum atomic E-state index is 14.6. The molecule has 4 rings (SSSR count). The van der Waals surface area contributed by atoms with E-state index in [4.69, 9.17) is 14.7 Å². The minimum absolute atomic E-state index is 0.208. The van der Waals surface area contributed by atoms with E-state index in [2.05, 4.69) is 16.7 Å². The summed E-state index contributed by atoms with van der Waals surface area (Å²) in [4.78, 5) is 14.5. The van der Waals surface area contributed by atoms with Crippen molar-refractivity contribution < 1.29 is 14.2 Å². The molecule has 1 aliphatic rings. The largest absolute Gasteiger partial charge is 0.389 e. The average Bonchev–Trinajstić information content (AvgIpc) is 2.89. The summed E-state index contributed by atoms with van der Waals surface area (Å²) >= 11 is 0. The summed E-state index contributed by atoms with van der Waals surface area (Å²) in [6, 6.07) is 16.9. The number of halogens is 1. The summed E-state index contributed by atoms with van der Waals surface area (Å²) in [5.41, 5.74) is 3.56. The van der Waals surface area contributed by atoms with E-state index in [-0.39, 0.29) is 5.82 Å². The maximum absolute atomic E-state index is 14.6. The van der Waals surface area contributed by atoms with Gasteiger partial charge < -0.3 is 14.7 Å². The van der Waals surface area contributed by atoms with Gasteiger partial charge in [0.15, 0.2) is 5.82 Å². The fourth-order valence-corrected chi connectivity index (χ4v) is 4.55. The summed E-state index contributed by atoms with van der Waals surface area (Å²) < 4.78 is 20.0. The van der Waals surface area contributed by atoms with Gasteiger partial charge in [-0.05, 0) is 25.0 Å². The minimum atomic E-state index is -0.492. The van der Waals surface area contributed by atoms with Crippen LogP contribution in [0.5, 0.6) is 0 Å². The Balaban J connectivity index is 1.63. The lowest BCUT2D eigenvalue weighted by Crippen LogP contribution is -2.49. The number of aliphatic hydroxyl groups excluding tert-OH is 1. The molecule has 1 fully saturated rings. The molecule has 1 aromatic heterocycles. The molecule has 0 amide bonds. The summed E-state index contributed by atoms with van der Waals surface area (Å²) in [5, 5.41) is 10.2. The molecule has 35 heavy (non-hydrogen) atoms. The van der Waals surface area contributed by atoms with Crippen molar-refractivity contribution in [2.75, 3.05) is 50.8 Å². The van der Waals surface area contributed by atoms with Gasteiger partial charge in [-0.3, -0.25) is 4.90 Å². The number of ether oxygens (including phenoxy) is 1. The quantitative estimate of drug-likeness (QED) is 0.476. The number of aryl methyl sites for hydroxylation is 1. The van der Waals surface area contributed by atoms with Gasteiger partial charge in [0.1, 0.15) is 11.6 Å². The number of anilines is 1. The van der Waals surface area contributed by atoms with Crippen molar-refractivity contribution >= 4 is 5.82 Å². The molecule has 0 unspecified atom stereocenters. The number of piperazine rings is 1. The van der Waals surface area contributed by atoms with Crippen molar-refractivity contribution in [3.05, 3.63) is 77.2 Å². The molecule has 1 N–H and O–H groups in total. The number of nitrogens with zero attached hydrogens (tertiary/aromatic N) is 4. The number of aromatic nitrogens is 2. The number of aliphatic hydroxyl groups is 1. The standard InChI is InChI=1S/C28H35FN4O2/c1-3-26-24(18-22-12-8-9-13-25(22)29)28(31-27(30-26)21-10-6-5-7-11-21)33-16-14-32(15-17-33)19-23(34)20-35-4-2/h5-13,23,34H,3-4,14-20H2,1-2H3/t23-/m1/s1. The van der Waals surface area contributed by atoms with E-state index in [1.165, 1.54) is 6.07 Å². The van der Waals surface area contributed by atoms with Gasteiger partial charge in [0, 0.05) is 62.6 Å². The van der Waals surface area contributed by atoms with Crippen LogP contribution < -0.4 is 4.90 Å². The molecule has 0 saturated carbocycles. The fourth-order valence-electron chi connectivity index (χ4n) is 4.55. The molecule has 0 spiro atoms. The second-order valence-electron chi connectivity index (χ2n) is 8.88. The average molecular weight is 479 g/mol. The van der Waals surface area contributed by atoms with Crippen molar-refractivity contribution in [1.29, 1.82) is 0 Å². The van der Waals surface area contributed by atoms with Crippen LogP contribution in [0.15, 0.2) is 54.6 Å². The molecule has 0 aliphatic carbocycles. The van der Waals surface area contributed by atoms with Crippen molar-refractivity contribution in [3.8, 4) is 11.4 Å². The molecule has 1 atom stereocenters. The van der Waals surface area contributed by atoms with E-state index in [9.17, 15) is 9.50 Å². The van der Waals surface area contributed by atoms with Crippen molar-refractivity contribution in [1.82, 2.24) is 14.9 Å². The van der Waals surface area contributed by atoms with Crippen LogP contribution in [0, 0.1) is 5.82 Å². The number of hydrogen-bond donors (Lipinski definition) is 1. The first-order chi connectivity index (χ1) is 17.1. The Labute approximate surface area is 207 Å². The third-order valence-electron chi connectivity index (χ3n) is 6.42. The second-order valence-corrected chi connectivity index (χ2v) is 8.88. The SMILES string of the molecule is CCOC[C@H](O)CN1CCN(c2nc(-c3ccccc3)nc(CC)c2Cc2ccccc2F)CC1. The first kappa shape index (κ1) is 25.2. The van der Waals surface area contributed by atoms with Gasteiger partial charge in [0.05, 0.1) is 12.7 Å². The number of hydrogen-bond acceptors (Lipinski definition) is 6. The lowest BCUT2D eigenvalue weighted by Gasteiger charge is -2.37. The number of β-amino-alcohol motifs (C(OH)–C–C–N with tert-alkyl or cyclic N) is 1. The Morgan fingerprint density at radius 1 is 0.971 bits per heavy atom. The zero-order valence-electron chi connectivity index (χ0n) is 20.7. The normalized spacial score (nSPS) is 15.4. The summed E-state index contributed by atoms with van der Waals surface area (Å²) in [6.07, 6.45) is 0.699. The molecule has 2 heterocycles. The molecule has 1 aliphatic heterocycles. The van der Waals surface area contributed by atoms with E-state index in [1.54, 1.807) is 6.07 Å². The molecule has 3 aromatic rings. The number of rotatable bonds is 10. The van der Waals surface area contributed by atoms with Gasteiger partial charge in [-0.15, -0.1) is 0 Å². The molecule has 7 heteroatoms. The monoisotopic (exact) mass is 478 g/mol. The van der Waals surface area contributed by atoms with Gasteiger partial charge in [0.25, 0.3) is 0 Å². The third-order valence-corrected chi connectivity index (χ3v) is 6.42. The summed E-state index contributed by atoms with van der Waals surface area (Å²) in [6.45, 7) is 8.75. The Morgan fingerprint density at radius 2 is 1.69 bits per heavy atom. The first-order valence-electron chi connectivity index (χ1n) is 12.5. The van der Waals surface area contributed by atoms with Crippen molar-refractivity contribution in [3.63, 3.8) is 0 Å². The van der Waals surface area contributed by atoms with Crippen LogP contribution in [0.4, 0.5) is 10.2 Å².